The SMILES string of the molecule is Cc1ccc(CNC(C)CCO)c(Br)c1. The first kappa shape index (κ1) is 12.7. The maximum atomic E-state index is 8.78. The van der Waals surface area contributed by atoms with Crippen molar-refractivity contribution in [1.29, 1.82) is 0 Å². The molecule has 15 heavy (non-hydrogen) atoms. The molecule has 0 fully saturated rings. The maximum Gasteiger partial charge on any atom is 0.0445 e. The minimum atomic E-state index is 0.239. The Labute approximate surface area is 99.8 Å². The summed E-state index contributed by atoms with van der Waals surface area (Å²) in [6.45, 7) is 5.24. The summed E-state index contributed by atoms with van der Waals surface area (Å²) < 4.78 is 1.14. The van der Waals surface area contributed by atoms with Gasteiger partial charge < -0.3 is 10.4 Å². The van der Waals surface area contributed by atoms with Gasteiger partial charge in [0.2, 0.25) is 0 Å². The lowest BCUT2D eigenvalue weighted by molar-refractivity contribution is 0.268. The minimum absolute atomic E-state index is 0.239. The summed E-state index contributed by atoms with van der Waals surface area (Å²) in [6, 6.07) is 6.70. The van der Waals surface area contributed by atoms with Crippen LogP contribution in [0.1, 0.15) is 24.5 Å². The molecule has 2 nitrogen and oxygen atoms in total. The Morgan fingerprint density at radius 3 is 2.80 bits per heavy atom. The van der Waals surface area contributed by atoms with Gasteiger partial charge in [0.25, 0.3) is 0 Å². The molecule has 0 spiro atoms. The second-order valence-electron chi connectivity index (χ2n) is 3.89. The van der Waals surface area contributed by atoms with E-state index in [-0.39, 0.29) is 6.61 Å². The third kappa shape index (κ3) is 4.33. The lowest BCUT2D eigenvalue weighted by Crippen LogP contribution is -2.26. The van der Waals surface area contributed by atoms with E-state index in [1.807, 2.05) is 0 Å². The molecule has 1 aromatic carbocycles. The molecular formula is C12H18BrNO. The lowest BCUT2D eigenvalue weighted by atomic mass is 10.1. The average Bonchev–Trinajstić information content (AvgIpc) is 2.17. The fourth-order valence-electron chi connectivity index (χ4n) is 1.38. The smallest absolute Gasteiger partial charge is 0.0445 e. The van der Waals surface area contributed by atoms with Crippen molar-refractivity contribution in [1.82, 2.24) is 5.32 Å². The number of benzene rings is 1. The number of rotatable bonds is 5. The van der Waals surface area contributed by atoms with Crippen LogP contribution < -0.4 is 5.32 Å². The standard InChI is InChI=1S/C12H18BrNO/c1-9-3-4-11(12(13)7-9)8-14-10(2)5-6-15/h3-4,7,10,14-15H,5-6,8H2,1-2H3. The summed E-state index contributed by atoms with van der Waals surface area (Å²) in [5.74, 6) is 0. The molecule has 0 saturated carbocycles. The molecule has 0 saturated heterocycles. The van der Waals surface area contributed by atoms with Gasteiger partial charge in [-0.2, -0.15) is 0 Å². The first-order valence-corrected chi connectivity index (χ1v) is 6.02. The average molecular weight is 272 g/mol. The molecule has 0 aliphatic heterocycles. The third-order valence-corrected chi connectivity index (χ3v) is 3.15. The zero-order valence-electron chi connectivity index (χ0n) is 9.26. The first-order chi connectivity index (χ1) is 7.13. The van der Waals surface area contributed by atoms with Crippen molar-refractivity contribution in [3.8, 4) is 0 Å². The van der Waals surface area contributed by atoms with E-state index in [2.05, 4.69) is 53.3 Å². The first-order valence-electron chi connectivity index (χ1n) is 5.22. The van der Waals surface area contributed by atoms with Gasteiger partial charge in [-0.25, -0.2) is 0 Å². The van der Waals surface area contributed by atoms with Gasteiger partial charge in [-0.1, -0.05) is 28.1 Å². The van der Waals surface area contributed by atoms with Crippen LogP contribution in [0.3, 0.4) is 0 Å². The van der Waals surface area contributed by atoms with Gasteiger partial charge in [-0.3, -0.25) is 0 Å². The van der Waals surface area contributed by atoms with Crippen molar-refractivity contribution in [2.24, 2.45) is 0 Å². The number of nitrogens with one attached hydrogen (secondary N) is 1. The highest BCUT2D eigenvalue weighted by atomic mass is 79.9. The van der Waals surface area contributed by atoms with Crippen LogP contribution in [-0.4, -0.2) is 17.8 Å². The van der Waals surface area contributed by atoms with E-state index < -0.39 is 0 Å². The Balaban J connectivity index is 2.50. The van der Waals surface area contributed by atoms with Crippen LogP contribution in [0.15, 0.2) is 22.7 Å². The summed E-state index contributed by atoms with van der Waals surface area (Å²) in [4.78, 5) is 0. The summed E-state index contributed by atoms with van der Waals surface area (Å²) in [5, 5.41) is 12.1. The second kappa shape index (κ2) is 6.26. The van der Waals surface area contributed by atoms with E-state index in [4.69, 9.17) is 5.11 Å². The van der Waals surface area contributed by atoms with Crippen LogP contribution in [0.25, 0.3) is 0 Å². The Bertz CT molecular complexity index is 314. The number of aryl methyl sites for hydroxylation is 1. The van der Waals surface area contributed by atoms with Crippen LogP contribution in [0.2, 0.25) is 0 Å². The molecule has 0 radical (unpaired) electrons. The molecule has 1 aromatic rings. The van der Waals surface area contributed by atoms with Crippen molar-refractivity contribution in [3.63, 3.8) is 0 Å². The Hall–Kier alpha value is -0.380. The Morgan fingerprint density at radius 1 is 1.47 bits per heavy atom. The molecule has 0 aliphatic rings. The molecule has 0 aliphatic carbocycles. The van der Waals surface area contributed by atoms with Gasteiger partial charge in [-0.15, -0.1) is 0 Å². The molecule has 0 heterocycles. The van der Waals surface area contributed by atoms with E-state index in [0.717, 1.165) is 17.4 Å². The fraction of sp³-hybridized carbons (Fsp3) is 0.500. The highest BCUT2D eigenvalue weighted by Crippen LogP contribution is 2.18. The van der Waals surface area contributed by atoms with Crippen molar-refractivity contribution in [2.75, 3.05) is 6.61 Å². The van der Waals surface area contributed by atoms with Gasteiger partial charge >= 0.3 is 0 Å². The minimum Gasteiger partial charge on any atom is -0.396 e. The number of halogens is 1. The highest BCUT2D eigenvalue weighted by molar-refractivity contribution is 9.10. The summed E-state index contributed by atoms with van der Waals surface area (Å²) in [6.07, 6.45) is 0.795. The Morgan fingerprint density at radius 2 is 2.20 bits per heavy atom. The normalized spacial score (nSPS) is 12.8. The van der Waals surface area contributed by atoms with Gasteiger partial charge in [0, 0.05) is 23.7 Å². The molecule has 84 valence electrons. The van der Waals surface area contributed by atoms with Crippen LogP contribution in [0, 0.1) is 6.92 Å². The topological polar surface area (TPSA) is 32.3 Å². The fourth-order valence-corrected chi connectivity index (χ4v) is 2.01. The van der Waals surface area contributed by atoms with E-state index in [9.17, 15) is 0 Å². The van der Waals surface area contributed by atoms with Gasteiger partial charge in [0.1, 0.15) is 0 Å². The second-order valence-corrected chi connectivity index (χ2v) is 4.74. The molecule has 0 amide bonds. The monoisotopic (exact) mass is 271 g/mol. The van der Waals surface area contributed by atoms with E-state index >= 15 is 0 Å². The van der Waals surface area contributed by atoms with E-state index in [0.29, 0.717) is 6.04 Å². The van der Waals surface area contributed by atoms with Crippen molar-refractivity contribution in [2.45, 2.75) is 32.9 Å². The summed E-state index contributed by atoms with van der Waals surface area (Å²) in [5.41, 5.74) is 2.51. The summed E-state index contributed by atoms with van der Waals surface area (Å²) in [7, 11) is 0. The summed E-state index contributed by atoms with van der Waals surface area (Å²) >= 11 is 3.55. The van der Waals surface area contributed by atoms with Crippen LogP contribution in [0.4, 0.5) is 0 Å². The van der Waals surface area contributed by atoms with Crippen LogP contribution in [-0.2, 0) is 6.54 Å². The zero-order chi connectivity index (χ0) is 11.3. The molecule has 2 N–H and O–H groups in total. The largest absolute Gasteiger partial charge is 0.396 e. The number of hydrogen-bond acceptors (Lipinski definition) is 2. The van der Waals surface area contributed by atoms with Crippen molar-refractivity contribution >= 4 is 15.9 Å². The molecule has 0 aromatic heterocycles. The quantitative estimate of drug-likeness (QED) is 0.863. The molecule has 1 atom stereocenters. The number of hydrogen-bond donors (Lipinski definition) is 2. The van der Waals surface area contributed by atoms with Crippen LogP contribution >= 0.6 is 15.9 Å². The molecule has 1 unspecified atom stereocenters. The highest BCUT2D eigenvalue weighted by Gasteiger charge is 2.03. The number of aliphatic hydroxyl groups excluding tert-OH is 1. The molecule has 0 bridgehead atoms. The van der Waals surface area contributed by atoms with E-state index in [1.54, 1.807) is 0 Å². The Kier molecular flexibility index (Phi) is 5.29. The maximum absolute atomic E-state index is 8.78. The van der Waals surface area contributed by atoms with Crippen molar-refractivity contribution < 1.29 is 5.11 Å². The van der Waals surface area contributed by atoms with Crippen LogP contribution in [0.5, 0.6) is 0 Å². The third-order valence-electron chi connectivity index (χ3n) is 2.41. The predicted octanol–water partition coefficient (Wildman–Crippen LogP) is 2.62. The molecular weight excluding hydrogens is 254 g/mol. The molecule has 3 heteroatoms. The van der Waals surface area contributed by atoms with Crippen molar-refractivity contribution in [3.05, 3.63) is 33.8 Å². The predicted molar refractivity (Wildman–Crippen MR) is 66.9 cm³/mol. The zero-order valence-corrected chi connectivity index (χ0v) is 10.8. The molecule has 1 rings (SSSR count). The lowest BCUT2D eigenvalue weighted by Gasteiger charge is -2.13. The number of aliphatic hydroxyl groups is 1. The van der Waals surface area contributed by atoms with Gasteiger partial charge in [-0.05, 0) is 37.5 Å². The van der Waals surface area contributed by atoms with Gasteiger partial charge in [0.05, 0.1) is 0 Å². The van der Waals surface area contributed by atoms with Gasteiger partial charge in [0.15, 0.2) is 0 Å². The van der Waals surface area contributed by atoms with E-state index in [1.165, 1.54) is 11.1 Å².